The van der Waals surface area contributed by atoms with Crippen LogP contribution in [0.25, 0.3) is 0 Å². The number of aromatic carboxylic acids is 1. The molecule has 1 heterocycles. The molecule has 0 radical (unpaired) electrons. The summed E-state index contributed by atoms with van der Waals surface area (Å²) < 4.78 is 0. The van der Waals surface area contributed by atoms with Crippen LogP contribution in [0.2, 0.25) is 5.02 Å². The number of thioether (sulfide) groups is 1. The van der Waals surface area contributed by atoms with Gasteiger partial charge in [0.2, 0.25) is 0 Å². The summed E-state index contributed by atoms with van der Waals surface area (Å²) in [5.41, 5.74) is 1.06. The lowest BCUT2D eigenvalue weighted by Crippen LogP contribution is -2.37. The van der Waals surface area contributed by atoms with E-state index in [1.165, 1.54) is 6.07 Å². The highest BCUT2D eigenvalue weighted by molar-refractivity contribution is 8.00. The van der Waals surface area contributed by atoms with Gasteiger partial charge in [-0.3, -0.25) is 0 Å². The van der Waals surface area contributed by atoms with Crippen LogP contribution in [0, 0.1) is 0 Å². The van der Waals surface area contributed by atoms with E-state index in [1.807, 2.05) is 11.8 Å². The Hall–Kier alpha value is -0.870. The van der Waals surface area contributed by atoms with Crippen LogP contribution in [-0.2, 0) is 0 Å². The number of rotatable bonds is 2. The second-order valence-corrected chi connectivity index (χ2v) is 6.08. The fourth-order valence-electron chi connectivity index (χ4n) is 1.99. The third-order valence-corrected chi connectivity index (χ3v) is 4.14. The van der Waals surface area contributed by atoms with Gasteiger partial charge < -0.3 is 10.0 Å². The SMILES string of the molecule is CC1CN(c2ccc(Cl)cc2C(=O)O)CCS1. The van der Waals surface area contributed by atoms with E-state index in [9.17, 15) is 9.90 Å². The number of hydrogen-bond donors (Lipinski definition) is 1. The first-order chi connectivity index (χ1) is 8.08. The van der Waals surface area contributed by atoms with Gasteiger partial charge in [-0.15, -0.1) is 0 Å². The number of halogens is 1. The van der Waals surface area contributed by atoms with Gasteiger partial charge in [0.15, 0.2) is 0 Å². The van der Waals surface area contributed by atoms with E-state index in [-0.39, 0.29) is 5.56 Å². The molecule has 1 atom stereocenters. The van der Waals surface area contributed by atoms with Gasteiger partial charge in [-0.05, 0) is 18.2 Å². The first-order valence-electron chi connectivity index (χ1n) is 5.47. The molecule has 17 heavy (non-hydrogen) atoms. The van der Waals surface area contributed by atoms with Crippen LogP contribution in [-0.4, -0.2) is 35.2 Å². The largest absolute Gasteiger partial charge is 0.478 e. The van der Waals surface area contributed by atoms with Crippen molar-refractivity contribution in [1.29, 1.82) is 0 Å². The molecule has 1 aromatic carbocycles. The molecule has 1 unspecified atom stereocenters. The van der Waals surface area contributed by atoms with Crippen molar-refractivity contribution >= 4 is 35.0 Å². The maximum Gasteiger partial charge on any atom is 0.337 e. The number of benzene rings is 1. The maximum absolute atomic E-state index is 11.2. The Morgan fingerprint density at radius 1 is 1.59 bits per heavy atom. The van der Waals surface area contributed by atoms with Gasteiger partial charge in [-0.25, -0.2) is 4.79 Å². The predicted octanol–water partition coefficient (Wildman–Crippen LogP) is 2.98. The zero-order valence-corrected chi connectivity index (χ0v) is 11.1. The summed E-state index contributed by atoms with van der Waals surface area (Å²) >= 11 is 7.76. The lowest BCUT2D eigenvalue weighted by molar-refractivity contribution is 0.0697. The third kappa shape index (κ3) is 2.87. The average Bonchev–Trinajstić information content (AvgIpc) is 2.28. The molecule has 5 heteroatoms. The normalized spacial score (nSPS) is 20.4. The van der Waals surface area contributed by atoms with E-state index in [2.05, 4.69) is 11.8 Å². The van der Waals surface area contributed by atoms with E-state index >= 15 is 0 Å². The minimum Gasteiger partial charge on any atom is -0.478 e. The van der Waals surface area contributed by atoms with Crippen LogP contribution in [0.5, 0.6) is 0 Å². The summed E-state index contributed by atoms with van der Waals surface area (Å²) in [6, 6.07) is 5.07. The van der Waals surface area contributed by atoms with Gasteiger partial charge >= 0.3 is 5.97 Å². The van der Waals surface area contributed by atoms with Crippen LogP contribution in [0.3, 0.4) is 0 Å². The minimum atomic E-state index is -0.923. The average molecular weight is 272 g/mol. The van der Waals surface area contributed by atoms with Crippen molar-refractivity contribution in [3.8, 4) is 0 Å². The van der Waals surface area contributed by atoms with Crippen LogP contribution < -0.4 is 4.90 Å². The monoisotopic (exact) mass is 271 g/mol. The van der Waals surface area contributed by atoms with Crippen molar-refractivity contribution in [2.75, 3.05) is 23.7 Å². The van der Waals surface area contributed by atoms with Crippen LogP contribution >= 0.6 is 23.4 Å². The van der Waals surface area contributed by atoms with Gasteiger partial charge in [-0.2, -0.15) is 11.8 Å². The zero-order valence-electron chi connectivity index (χ0n) is 9.52. The molecule has 0 aromatic heterocycles. The Kier molecular flexibility index (Phi) is 3.84. The molecule has 1 aliphatic rings. The van der Waals surface area contributed by atoms with Crippen molar-refractivity contribution in [3.63, 3.8) is 0 Å². The zero-order chi connectivity index (χ0) is 12.4. The van der Waals surface area contributed by atoms with Crippen LogP contribution in [0.15, 0.2) is 18.2 Å². The summed E-state index contributed by atoms with van der Waals surface area (Å²) in [5, 5.41) is 10.2. The highest BCUT2D eigenvalue weighted by Gasteiger charge is 2.21. The first-order valence-corrected chi connectivity index (χ1v) is 6.90. The summed E-state index contributed by atoms with van der Waals surface area (Å²) in [6.45, 7) is 3.93. The quantitative estimate of drug-likeness (QED) is 0.898. The van der Waals surface area contributed by atoms with E-state index in [0.29, 0.717) is 10.3 Å². The Morgan fingerprint density at radius 3 is 3.00 bits per heavy atom. The molecule has 0 bridgehead atoms. The van der Waals surface area contributed by atoms with Crippen molar-refractivity contribution in [3.05, 3.63) is 28.8 Å². The number of anilines is 1. The topological polar surface area (TPSA) is 40.5 Å². The molecule has 2 rings (SSSR count). The van der Waals surface area contributed by atoms with E-state index in [0.717, 1.165) is 24.5 Å². The van der Waals surface area contributed by atoms with Crippen molar-refractivity contribution < 1.29 is 9.90 Å². The Bertz CT molecular complexity index is 439. The van der Waals surface area contributed by atoms with E-state index < -0.39 is 5.97 Å². The van der Waals surface area contributed by atoms with E-state index in [4.69, 9.17) is 11.6 Å². The smallest absolute Gasteiger partial charge is 0.337 e. The van der Waals surface area contributed by atoms with Gasteiger partial charge in [0.05, 0.1) is 11.3 Å². The van der Waals surface area contributed by atoms with Crippen LogP contribution in [0.4, 0.5) is 5.69 Å². The molecule has 0 aliphatic carbocycles. The van der Waals surface area contributed by atoms with Gasteiger partial charge in [0, 0.05) is 29.1 Å². The van der Waals surface area contributed by atoms with E-state index in [1.54, 1.807) is 12.1 Å². The second-order valence-electron chi connectivity index (χ2n) is 4.09. The number of nitrogens with zero attached hydrogens (tertiary/aromatic N) is 1. The first kappa shape index (κ1) is 12.6. The highest BCUT2D eigenvalue weighted by atomic mass is 35.5. The minimum absolute atomic E-state index is 0.289. The lowest BCUT2D eigenvalue weighted by atomic mass is 10.1. The molecule has 0 saturated carbocycles. The van der Waals surface area contributed by atoms with Gasteiger partial charge in [0.25, 0.3) is 0 Å². The molecule has 1 N–H and O–H groups in total. The number of carboxylic acid groups (broad SMARTS) is 1. The van der Waals surface area contributed by atoms with Crippen molar-refractivity contribution in [1.82, 2.24) is 0 Å². The Morgan fingerprint density at radius 2 is 2.35 bits per heavy atom. The summed E-state index contributed by atoms with van der Waals surface area (Å²) in [4.78, 5) is 13.3. The molecule has 0 amide bonds. The van der Waals surface area contributed by atoms with Gasteiger partial charge in [-0.1, -0.05) is 18.5 Å². The molecule has 1 aliphatic heterocycles. The molecule has 3 nitrogen and oxygen atoms in total. The fraction of sp³-hybridized carbons (Fsp3) is 0.417. The third-order valence-electron chi connectivity index (χ3n) is 2.77. The van der Waals surface area contributed by atoms with Crippen LogP contribution in [0.1, 0.15) is 17.3 Å². The maximum atomic E-state index is 11.2. The summed E-state index contributed by atoms with van der Waals surface area (Å²) in [5.74, 6) is 0.108. The summed E-state index contributed by atoms with van der Waals surface area (Å²) in [6.07, 6.45) is 0. The molecule has 1 saturated heterocycles. The second kappa shape index (κ2) is 5.19. The summed E-state index contributed by atoms with van der Waals surface area (Å²) in [7, 11) is 0. The number of hydrogen-bond acceptors (Lipinski definition) is 3. The number of carbonyl (C=O) groups is 1. The van der Waals surface area contributed by atoms with Crippen molar-refractivity contribution in [2.24, 2.45) is 0 Å². The Labute approximate surface area is 110 Å². The molecule has 0 spiro atoms. The molecule has 1 aromatic rings. The molecule has 1 fully saturated rings. The van der Waals surface area contributed by atoms with Gasteiger partial charge in [0.1, 0.15) is 0 Å². The fourth-order valence-corrected chi connectivity index (χ4v) is 3.18. The molecular weight excluding hydrogens is 258 g/mol. The van der Waals surface area contributed by atoms with Crippen molar-refractivity contribution in [2.45, 2.75) is 12.2 Å². The highest BCUT2D eigenvalue weighted by Crippen LogP contribution is 2.28. The predicted molar refractivity (Wildman–Crippen MR) is 72.5 cm³/mol. The molecular formula is C12H14ClNO2S. The lowest BCUT2D eigenvalue weighted by Gasteiger charge is -2.33. The Balaban J connectivity index is 2.33. The standard InChI is InChI=1S/C12H14ClNO2S/c1-8-7-14(4-5-17-8)11-3-2-9(13)6-10(11)12(15)16/h2-3,6,8H,4-5,7H2,1H3,(H,15,16). The molecule has 92 valence electrons. The number of carboxylic acids is 1.